The zero-order chi connectivity index (χ0) is 23.6. The fraction of sp³-hybridized carbons (Fsp3) is 0.720. The number of hydrogen-bond donors (Lipinski definition) is 3. The molecule has 1 fully saturated rings. The van der Waals surface area contributed by atoms with Crippen molar-refractivity contribution in [2.75, 3.05) is 40.4 Å². The number of hydrogen-bond acceptors (Lipinski definition) is 4. The van der Waals surface area contributed by atoms with Gasteiger partial charge in [0.05, 0.1) is 5.60 Å². The first kappa shape index (κ1) is 26.6. The van der Waals surface area contributed by atoms with Crippen molar-refractivity contribution in [1.29, 1.82) is 0 Å². The molecule has 1 aromatic carbocycles. The minimum Gasteiger partial charge on any atom is -0.385 e. The lowest BCUT2D eigenvalue weighted by atomic mass is 9.74. The summed E-state index contributed by atoms with van der Waals surface area (Å²) in [6.07, 6.45) is 4.61. The Kier molecular flexibility index (Phi) is 10.9. The normalized spacial score (nSPS) is 19.6. The van der Waals surface area contributed by atoms with Crippen LogP contribution in [-0.4, -0.2) is 62.5 Å². The highest BCUT2D eigenvalue weighted by Gasteiger charge is 2.41. The van der Waals surface area contributed by atoms with Crippen LogP contribution in [0.2, 0.25) is 0 Å². The number of ether oxygens (including phenoxy) is 1. The van der Waals surface area contributed by atoms with Crippen molar-refractivity contribution in [1.82, 2.24) is 15.5 Å². The molecule has 2 rings (SSSR count). The Morgan fingerprint density at radius 3 is 2.81 bits per heavy atom. The molecule has 1 heterocycles. The smallest absolute Gasteiger partial charge is 0.317 e. The maximum atomic E-state index is 14.0. The van der Waals surface area contributed by atoms with E-state index < -0.39 is 5.60 Å². The molecule has 1 aliphatic rings. The number of carbonyl (C=O) groups excluding carboxylic acids is 1. The van der Waals surface area contributed by atoms with Crippen LogP contribution >= 0.6 is 0 Å². The Morgan fingerprint density at radius 2 is 2.16 bits per heavy atom. The van der Waals surface area contributed by atoms with Gasteiger partial charge in [-0.1, -0.05) is 26.0 Å². The molecule has 0 aromatic heterocycles. The van der Waals surface area contributed by atoms with Crippen LogP contribution in [0.3, 0.4) is 0 Å². The minimum atomic E-state index is -1.18. The van der Waals surface area contributed by atoms with Gasteiger partial charge in [-0.2, -0.15) is 0 Å². The van der Waals surface area contributed by atoms with Gasteiger partial charge in [-0.05, 0) is 69.2 Å². The topological polar surface area (TPSA) is 73.8 Å². The van der Waals surface area contributed by atoms with Gasteiger partial charge in [0.1, 0.15) is 5.82 Å². The molecule has 0 spiro atoms. The monoisotopic (exact) mass is 451 g/mol. The lowest BCUT2D eigenvalue weighted by Crippen LogP contribution is -2.53. The van der Waals surface area contributed by atoms with E-state index in [2.05, 4.69) is 24.5 Å². The SMILES string of the molecule is CNCC(CC(C)C)NC(=O)N1CCCC(C(O)(CCCCOC)c2cccc(F)c2)C1. The Balaban J connectivity index is 2.15. The first-order valence-electron chi connectivity index (χ1n) is 12.0. The number of aliphatic hydroxyl groups is 1. The third kappa shape index (κ3) is 7.71. The first-order valence-corrected chi connectivity index (χ1v) is 12.0. The molecule has 0 saturated carbocycles. The molecule has 182 valence electrons. The molecule has 3 atom stereocenters. The van der Waals surface area contributed by atoms with E-state index in [0.717, 1.165) is 32.1 Å². The van der Waals surface area contributed by atoms with Gasteiger partial charge in [0.2, 0.25) is 0 Å². The third-order valence-corrected chi connectivity index (χ3v) is 6.40. The Morgan fingerprint density at radius 1 is 1.38 bits per heavy atom. The van der Waals surface area contributed by atoms with Crippen LogP contribution in [0.5, 0.6) is 0 Å². The number of carbonyl (C=O) groups is 1. The predicted octanol–water partition coefficient (Wildman–Crippen LogP) is 3.89. The lowest BCUT2D eigenvalue weighted by Gasteiger charge is -2.43. The molecule has 0 aliphatic carbocycles. The van der Waals surface area contributed by atoms with Crippen molar-refractivity contribution in [2.24, 2.45) is 11.8 Å². The number of likely N-dealkylation sites (tertiary alicyclic amines) is 1. The zero-order valence-corrected chi connectivity index (χ0v) is 20.2. The first-order chi connectivity index (χ1) is 15.3. The van der Waals surface area contributed by atoms with Gasteiger partial charge >= 0.3 is 6.03 Å². The van der Waals surface area contributed by atoms with Crippen molar-refractivity contribution in [3.8, 4) is 0 Å². The summed E-state index contributed by atoms with van der Waals surface area (Å²) in [5, 5.41) is 18.2. The number of nitrogens with zero attached hydrogens (tertiary/aromatic N) is 1. The molecule has 7 heteroatoms. The average molecular weight is 452 g/mol. The van der Waals surface area contributed by atoms with Crippen molar-refractivity contribution in [3.05, 3.63) is 35.6 Å². The summed E-state index contributed by atoms with van der Waals surface area (Å²) in [6.45, 7) is 6.76. The molecular weight excluding hydrogens is 409 g/mol. The highest BCUT2D eigenvalue weighted by molar-refractivity contribution is 5.74. The van der Waals surface area contributed by atoms with E-state index in [1.807, 2.05) is 11.9 Å². The molecule has 32 heavy (non-hydrogen) atoms. The van der Waals surface area contributed by atoms with E-state index in [1.54, 1.807) is 19.2 Å². The summed E-state index contributed by atoms with van der Waals surface area (Å²) in [4.78, 5) is 14.9. The maximum absolute atomic E-state index is 14.0. The van der Waals surface area contributed by atoms with E-state index in [1.165, 1.54) is 12.1 Å². The summed E-state index contributed by atoms with van der Waals surface area (Å²) in [7, 11) is 3.55. The van der Waals surface area contributed by atoms with Crippen molar-refractivity contribution in [3.63, 3.8) is 0 Å². The predicted molar refractivity (Wildman–Crippen MR) is 126 cm³/mol. The molecule has 6 nitrogen and oxygen atoms in total. The van der Waals surface area contributed by atoms with Crippen molar-refractivity contribution in [2.45, 2.75) is 64.0 Å². The Labute approximate surface area is 192 Å². The molecule has 0 radical (unpaired) electrons. The van der Waals surface area contributed by atoms with Gasteiger partial charge in [-0.25, -0.2) is 9.18 Å². The molecule has 3 N–H and O–H groups in total. The number of likely N-dealkylation sites (N-methyl/N-ethyl adjacent to an activating group) is 1. The second-order valence-corrected chi connectivity index (χ2v) is 9.50. The van der Waals surface area contributed by atoms with Gasteiger partial charge in [0.25, 0.3) is 0 Å². The van der Waals surface area contributed by atoms with Crippen molar-refractivity contribution >= 4 is 6.03 Å². The Hall–Kier alpha value is -1.70. The fourth-order valence-electron chi connectivity index (χ4n) is 4.81. The number of nitrogens with one attached hydrogen (secondary N) is 2. The van der Waals surface area contributed by atoms with Crippen LogP contribution in [0.25, 0.3) is 0 Å². The number of unbranched alkanes of at least 4 members (excludes halogenated alkanes) is 1. The van der Waals surface area contributed by atoms with Crippen LogP contribution in [-0.2, 0) is 10.3 Å². The molecule has 1 aromatic rings. The number of rotatable bonds is 12. The quantitative estimate of drug-likeness (QED) is 0.422. The second kappa shape index (κ2) is 13.1. The number of urea groups is 1. The van der Waals surface area contributed by atoms with Gasteiger partial charge in [-0.15, -0.1) is 0 Å². The van der Waals surface area contributed by atoms with Crippen LogP contribution in [0.15, 0.2) is 24.3 Å². The molecule has 2 amide bonds. The van der Waals surface area contributed by atoms with Crippen molar-refractivity contribution < 1.29 is 19.0 Å². The summed E-state index contributed by atoms with van der Waals surface area (Å²) < 4.78 is 19.2. The van der Waals surface area contributed by atoms with Gasteiger partial charge in [0, 0.05) is 45.3 Å². The summed E-state index contributed by atoms with van der Waals surface area (Å²) in [6, 6.07) is 6.24. The highest BCUT2D eigenvalue weighted by atomic mass is 19.1. The van der Waals surface area contributed by atoms with Crippen LogP contribution in [0.1, 0.15) is 57.9 Å². The van der Waals surface area contributed by atoms with Crippen LogP contribution in [0, 0.1) is 17.7 Å². The van der Waals surface area contributed by atoms with E-state index >= 15 is 0 Å². The average Bonchev–Trinajstić information content (AvgIpc) is 2.76. The largest absolute Gasteiger partial charge is 0.385 e. The van der Waals surface area contributed by atoms with E-state index in [4.69, 9.17) is 4.74 Å². The molecule has 1 saturated heterocycles. The number of halogens is 1. The van der Waals surface area contributed by atoms with Crippen LogP contribution in [0.4, 0.5) is 9.18 Å². The number of benzene rings is 1. The molecular formula is C25H42FN3O3. The third-order valence-electron chi connectivity index (χ3n) is 6.40. The Bertz CT molecular complexity index is 703. The second-order valence-electron chi connectivity index (χ2n) is 9.50. The summed E-state index contributed by atoms with van der Waals surface area (Å²) in [5.41, 5.74) is -0.591. The molecule has 0 bridgehead atoms. The zero-order valence-electron chi connectivity index (χ0n) is 20.2. The fourth-order valence-corrected chi connectivity index (χ4v) is 4.81. The van der Waals surface area contributed by atoms with E-state index in [0.29, 0.717) is 44.1 Å². The lowest BCUT2D eigenvalue weighted by molar-refractivity contribution is -0.0565. The standard InChI is InChI=1S/C25H42FN3O3/c1-19(2)15-23(17-27-3)28-24(30)29-13-8-10-21(18-29)25(31,12-5-6-14-32-4)20-9-7-11-22(26)16-20/h7,9,11,16,19,21,23,27,31H,5-6,8,10,12-15,17-18H2,1-4H3,(H,28,30). The molecule has 1 aliphatic heterocycles. The van der Waals surface area contributed by atoms with E-state index in [-0.39, 0.29) is 23.8 Å². The molecule has 3 unspecified atom stereocenters. The van der Waals surface area contributed by atoms with Gasteiger partial charge in [0.15, 0.2) is 0 Å². The van der Waals surface area contributed by atoms with E-state index in [9.17, 15) is 14.3 Å². The summed E-state index contributed by atoms with van der Waals surface area (Å²) >= 11 is 0. The number of amides is 2. The van der Waals surface area contributed by atoms with Gasteiger partial charge < -0.3 is 25.4 Å². The highest BCUT2D eigenvalue weighted by Crippen LogP contribution is 2.40. The van der Waals surface area contributed by atoms with Crippen LogP contribution < -0.4 is 10.6 Å². The summed E-state index contributed by atoms with van der Waals surface area (Å²) in [5.74, 6) is -0.0288. The number of piperidine rings is 1. The number of methoxy groups -OCH3 is 1. The van der Waals surface area contributed by atoms with Gasteiger partial charge in [-0.3, -0.25) is 0 Å². The maximum Gasteiger partial charge on any atom is 0.317 e. The minimum absolute atomic E-state index is 0.0593.